The number of nitrogens with two attached hydrogens (primary N) is 2. The smallest absolute Gasteiger partial charge is 0.100 e. The van der Waals surface area contributed by atoms with Gasteiger partial charge < -0.3 is 26.4 Å². The van der Waals surface area contributed by atoms with Crippen molar-refractivity contribution in [1.82, 2.24) is 0 Å². The predicted molar refractivity (Wildman–Crippen MR) is 91.5 cm³/mol. The lowest BCUT2D eigenvalue weighted by Crippen LogP contribution is -2.45. The van der Waals surface area contributed by atoms with Crippen LogP contribution in [0.1, 0.15) is 77.6 Å². The maximum atomic E-state index is 9.28. The summed E-state index contributed by atoms with van der Waals surface area (Å²) in [5, 5.41) is 18.0. The Bertz CT molecular complexity index is 228. The number of ether oxygens (including phenoxy) is 1. The summed E-state index contributed by atoms with van der Waals surface area (Å²) in [5.41, 5.74) is 11.4. The van der Waals surface area contributed by atoms with E-state index in [1.54, 1.807) is 0 Å². The normalized spacial score (nSPS) is 14.5. The maximum Gasteiger partial charge on any atom is 0.100 e. The predicted octanol–water partition coefficient (Wildman–Crippen LogP) is 2.28. The third kappa shape index (κ3) is 13.5. The molecule has 0 aliphatic heterocycles. The highest BCUT2D eigenvalue weighted by atomic mass is 16.5. The van der Waals surface area contributed by atoms with Crippen molar-refractivity contribution in [2.24, 2.45) is 11.5 Å². The minimum Gasteiger partial charge on any atom is -0.394 e. The summed E-state index contributed by atoms with van der Waals surface area (Å²) in [6.07, 6.45) is 12.1. The summed E-state index contributed by atoms with van der Waals surface area (Å²) >= 11 is 0. The van der Waals surface area contributed by atoms with E-state index in [-0.39, 0.29) is 19.3 Å². The molecule has 0 aromatic carbocycles. The fourth-order valence-corrected chi connectivity index (χ4v) is 2.51. The zero-order valence-corrected chi connectivity index (χ0v) is 14.4. The fraction of sp³-hybridized carbons (Fsp3) is 1.00. The van der Waals surface area contributed by atoms with E-state index in [1.165, 1.54) is 57.8 Å². The van der Waals surface area contributed by atoms with E-state index in [0.29, 0.717) is 0 Å². The van der Waals surface area contributed by atoms with Gasteiger partial charge in [0.15, 0.2) is 0 Å². The topological polar surface area (TPSA) is 102 Å². The lowest BCUT2D eigenvalue weighted by molar-refractivity contribution is -0.0394. The lowest BCUT2D eigenvalue weighted by Gasteiger charge is -2.22. The Hall–Kier alpha value is -0.200. The molecule has 0 spiro atoms. The van der Waals surface area contributed by atoms with Gasteiger partial charge in [-0.25, -0.2) is 0 Å². The molecule has 0 heterocycles. The Morgan fingerprint density at radius 1 is 0.864 bits per heavy atom. The van der Waals surface area contributed by atoms with Gasteiger partial charge in [-0.2, -0.15) is 0 Å². The third-order valence-electron chi connectivity index (χ3n) is 3.98. The Labute approximate surface area is 136 Å². The second-order valence-corrected chi connectivity index (χ2v) is 6.26. The molecule has 0 rings (SSSR count). The molecule has 0 aromatic heterocycles. The van der Waals surface area contributed by atoms with Gasteiger partial charge in [-0.3, -0.25) is 0 Å². The first-order valence-electron chi connectivity index (χ1n) is 9.03. The van der Waals surface area contributed by atoms with Crippen molar-refractivity contribution in [3.05, 3.63) is 0 Å². The van der Waals surface area contributed by atoms with Crippen LogP contribution in [0.3, 0.4) is 0 Å². The molecule has 6 N–H and O–H groups in total. The van der Waals surface area contributed by atoms with Crippen LogP contribution in [0.2, 0.25) is 0 Å². The van der Waals surface area contributed by atoms with Gasteiger partial charge in [0.1, 0.15) is 6.10 Å². The van der Waals surface area contributed by atoms with Gasteiger partial charge in [-0.15, -0.1) is 0 Å². The van der Waals surface area contributed by atoms with E-state index in [9.17, 15) is 5.11 Å². The van der Waals surface area contributed by atoms with Crippen LogP contribution in [0.25, 0.3) is 0 Å². The molecule has 134 valence electrons. The number of hydrogen-bond acceptors (Lipinski definition) is 5. The molecule has 2 atom stereocenters. The minimum absolute atomic E-state index is 0.0871. The van der Waals surface area contributed by atoms with Crippen LogP contribution in [-0.4, -0.2) is 41.8 Å². The first-order valence-corrected chi connectivity index (χ1v) is 9.03. The molecule has 0 bridgehead atoms. The highest BCUT2D eigenvalue weighted by molar-refractivity contribution is 4.68. The van der Waals surface area contributed by atoms with Crippen LogP contribution in [0, 0.1) is 0 Å². The molecule has 5 nitrogen and oxygen atoms in total. The Morgan fingerprint density at radius 3 is 1.82 bits per heavy atom. The van der Waals surface area contributed by atoms with Crippen LogP contribution in [0.4, 0.5) is 0 Å². The largest absolute Gasteiger partial charge is 0.394 e. The molecule has 2 unspecified atom stereocenters. The Kier molecular flexibility index (Phi) is 15.5. The van der Waals surface area contributed by atoms with Crippen molar-refractivity contribution >= 4 is 0 Å². The second-order valence-electron chi connectivity index (χ2n) is 6.26. The van der Waals surface area contributed by atoms with Crippen molar-refractivity contribution < 1.29 is 14.9 Å². The molecule has 22 heavy (non-hydrogen) atoms. The quantitative estimate of drug-likeness (QED) is 0.258. The molecular formula is C17H38N2O3. The monoisotopic (exact) mass is 318 g/mol. The molecule has 0 aliphatic rings. The number of hydrogen-bond donors (Lipinski definition) is 4. The van der Waals surface area contributed by atoms with Crippen molar-refractivity contribution in [3.63, 3.8) is 0 Å². The third-order valence-corrected chi connectivity index (χ3v) is 3.98. The van der Waals surface area contributed by atoms with Crippen LogP contribution < -0.4 is 11.5 Å². The first-order chi connectivity index (χ1) is 10.6. The van der Waals surface area contributed by atoms with Gasteiger partial charge in [-0.1, -0.05) is 71.1 Å². The molecule has 0 saturated carbocycles. The number of rotatable bonds is 16. The summed E-state index contributed by atoms with van der Waals surface area (Å²) in [7, 11) is 0. The van der Waals surface area contributed by atoms with Gasteiger partial charge in [-0.05, 0) is 6.42 Å². The number of aliphatic hydroxyl groups is 2. The molecule has 0 amide bonds. The van der Waals surface area contributed by atoms with E-state index < -0.39 is 12.3 Å². The van der Waals surface area contributed by atoms with Crippen molar-refractivity contribution in [1.29, 1.82) is 0 Å². The summed E-state index contributed by atoms with van der Waals surface area (Å²) in [6.45, 7) is 2.03. The fourth-order valence-electron chi connectivity index (χ4n) is 2.51. The van der Waals surface area contributed by atoms with Crippen molar-refractivity contribution in [3.8, 4) is 0 Å². The van der Waals surface area contributed by atoms with Crippen molar-refractivity contribution in [2.75, 3.05) is 13.2 Å². The van der Waals surface area contributed by atoms with E-state index in [0.717, 1.165) is 12.8 Å². The summed E-state index contributed by atoms with van der Waals surface area (Å²) < 4.78 is 5.48. The molecular weight excluding hydrogens is 280 g/mol. The summed E-state index contributed by atoms with van der Waals surface area (Å²) in [6, 6.07) is 0. The first kappa shape index (κ1) is 21.8. The van der Waals surface area contributed by atoms with Gasteiger partial charge in [0.05, 0.1) is 25.5 Å². The van der Waals surface area contributed by atoms with Crippen LogP contribution in [0.5, 0.6) is 0 Å². The molecule has 0 aliphatic carbocycles. The highest BCUT2D eigenvalue weighted by Crippen LogP contribution is 2.13. The molecule has 0 radical (unpaired) electrons. The highest BCUT2D eigenvalue weighted by Gasteiger charge is 2.16. The average molecular weight is 319 g/mol. The van der Waals surface area contributed by atoms with E-state index >= 15 is 0 Å². The Balaban J connectivity index is 3.48. The van der Waals surface area contributed by atoms with Crippen LogP contribution in [-0.2, 0) is 4.74 Å². The molecule has 0 saturated heterocycles. The van der Waals surface area contributed by atoms with Crippen LogP contribution >= 0.6 is 0 Å². The summed E-state index contributed by atoms with van der Waals surface area (Å²) in [4.78, 5) is 0. The maximum absolute atomic E-state index is 9.28. The SMILES string of the molecule is CCCCCCCCCCCCC(OCC(O)CO)C(N)N. The van der Waals surface area contributed by atoms with E-state index in [2.05, 4.69) is 6.92 Å². The molecule has 0 aromatic rings. The zero-order chi connectivity index (χ0) is 16.6. The standard InChI is InChI=1S/C17H38N2O3/c1-2-3-4-5-6-7-8-9-10-11-12-16(17(18)19)22-14-15(21)13-20/h15-17,20-21H,2-14,18-19H2,1H3. The zero-order valence-electron chi connectivity index (χ0n) is 14.4. The second kappa shape index (κ2) is 15.7. The molecule has 0 fully saturated rings. The summed E-state index contributed by atoms with van der Waals surface area (Å²) in [5.74, 6) is 0. The van der Waals surface area contributed by atoms with Gasteiger partial charge in [0.2, 0.25) is 0 Å². The van der Waals surface area contributed by atoms with E-state index in [4.69, 9.17) is 21.3 Å². The van der Waals surface area contributed by atoms with E-state index in [1.807, 2.05) is 0 Å². The number of aliphatic hydroxyl groups excluding tert-OH is 2. The van der Waals surface area contributed by atoms with Gasteiger partial charge >= 0.3 is 0 Å². The average Bonchev–Trinajstić information content (AvgIpc) is 2.51. The minimum atomic E-state index is -0.853. The van der Waals surface area contributed by atoms with Crippen molar-refractivity contribution in [2.45, 2.75) is 95.9 Å². The Morgan fingerprint density at radius 2 is 1.36 bits per heavy atom. The molecule has 5 heteroatoms. The van der Waals surface area contributed by atoms with Gasteiger partial charge in [0, 0.05) is 0 Å². The lowest BCUT2D eigenvalue weighted by atomic mass is 10.0. The van der Waals surface area contributed by atoms with Gasteiger partial charge in [0.25, 0.3) is 0 Å². The number of unbranched alkanes of at least 4 members (excludes halogenated alkanes) is 9. The van der Waals surface area contributed by atoms with Crippen LogP contribution in [0.15, 0.2) is 0 Å².